The number of hydrogen-bond donors (Lipinski definition) is 1. The topological polar surface area (TPSA) is 62.1 Å². The second-order valence-electron chi connectivity index (χ2n) is 3.64. The molecule has 0 aliphatic heterocycles. The first-order valence-electron chi connectivity index (χ1n) is 5.55. The van der Waals surface area contributed by atoms with Gasteiger partial charge in [0, 0.05) is 25.8 Å². The van der Waals surface area contributed by atoms with E-state index in [1.165, 1.54) is 0 Å². The van der Waals surface area contributed by atoms with Crippen molar-refractivity contribution in [3.63, 3.8) is 0 Å². The summed E-state index contributed by atoms with van der Waals surface area (Å²) in [6.45, 7) is 1.36. The zero-order valence-corrected chi connectivity index (χ0v) is 9.90. The molecule has 0 bridgehead atoms. The van der Waals surface area contributed by atoms with Gasteiger partial charge in [0.05, 0.1) is 11.6 Å². The largest absolute Gasteiger partial charge is 0.385 e. The molecule has 0 fully saturated rings. The fourth-order valence-corrected chi connectivity index (χ4v) is 1.37. The van der Waals surface area contributed by atoms with Crippen LogP contribution in [0.3, 0.4) is 0 Å². The molecule has 1 rings (SSSR count). The monoisotopic (exact) mass is 232 g/mol. The maximum absolute atomic E-state index is 11.7. The number of ether oxygens (including phenoxy) is 1. The van der Waals surface area contributed by atoms with Gasteiger partial charge in [-0.1, -0.05) is 0 Å². The van der Waals surface area contributed by atoms with E-state index in [9.17, 15) is 4.79 Å². The number of rotatable bonds is 6. The van der Waals surface area contributed by atoms with Crippen LogP contribution < -0.4 is 5.32 Å². The zero-order chi connectivity index (χ0) is 12.5. The highest BCUT2D eigenvalue weighted by Gasteiger charge is 2.03. The average Bonchev–Trinajstić information content (AvgIpc) is 2.38. The molecule has 90 valence electrons. The Morgan fingerprint density at radius 2 is 2.06 bits per heavy atom. The summed E-state index contributed by atoms with van der Waals surface area (Å²) in [5, 5.41) is 11.4. The third-order valence-corrected chi connectivity index (χ3v) is 2.34. The molecule has 4 nitrogen and oxygen atoms in total. The van der Waals surface area contributed by atoms with Crippen LogP contribution in [-0.4, -0.2) is 26.2 Å². The van der Waals surface area contributed by atoms with E-state index in [2.05, 4.69) is 5.32 Å². The Morgan fingerprint density at radius 3 is 2.65 bits per heavy atom. The molecule has 1 aromatic carbocycles. The van der Waals surface area contributed by atoms with Crippen molar-refractivity contribution in [3.8, 4) is 6.07 Å². The number of hydrogen-bond acceptors (Lipinski definition) is 3. The predicted octanol–water partition coefficient (Wildman–Crippen LogP) is 1.71. The number of nitrogens with zero attached hydrogens (tertiary/aromatic N) is 1. The summed E-state index contributed by atoms with van der Waals surface area (Å²) < 4.78 is 4.92. The molecular formula is C13H16N2O2. The second kappa shape index (κ2) is 7.42. The molecule has 1 amide bonds. The quantitative estimate of drug-likeness (QED) is 0.759. The fourth-order valence-electron chi connectivity index (χ4n) is 1.37. The minimum Gasteiger partial charge on any atom is -0.385 e. The number of nitriles is 1. The maximum Gasteiger partial charge on any atom is 0.251 e. The Hall–Kier alpha value is -1.86. The number of carbonyl (C=O) groups excluding carboxylic acids is 1. The highest BCUT2D eigenvalue weighted by Crippen LogP contribution is 2.03. The summed E-state index contributed by atoms with van der Waals surface area (Å²) >= 11 is 0. The molecule has 0 atom stereocenters. The van der Waals surface area contributed by atoms with E-state index < -0.39 is 0 Å². The van der Waals surface area contributed by atoms with Gasteiger partial charge in [0.25, 0.3) is 5.91 Å². The van der Waals surface area contributed by atoms with Crippen molar-refractivity contribution in [1.82, 2.24) is 5.32 Å². The van der Waals surface area contributed by atoms with E-state index in [4.69, 9.17) is 10.00 Å². The smallest absolute Gasteiger partial charge is 0.251 e. The van der Waals surface area contributed by atoms with Gasteiger partial charge in [-0.15, -0.1) is 0 Å². The molecule has 0 aliphatic carbocycles. The summed E-state index contributed by atoms with van der Waals surface area (Å²) in [7, 11) is 1.66. The van der Waals surface area contributed by atoms with Crippen LogP contribution in [0.4, 0.5) is 0 Å². The lowest BCUT2D eigenvalue weighted by molar-refractivity contribution is 0.0951. The van der Waals surface area contributed by atoms with Gasteiger partial charge in [-0.25, -0.2) is 0 Å². The van der Waals surface area contributed by atoms with E-state index in [-0.39, 0.29) is 5.91 Å². The van der Waals surface area contributed by atoms with Crippen LogP contribution in [0.2, 0.25) is 0 Å². The molecule has 0 saturated heterocycles. The lowest BCUT2D eigenvalue weighted by Gasteiger charge is -2.04. The molecule has 0 aliphatic rings. The molecule has 0 unspecified atom stereocenters. The van der Waals surface area contributed by atoms with Crippen molar-refractivity contribution < 1.29 is 9.53 Å². The van der Waals surface area contributed by atoms with Crippen LogP contribution in [0.25, 0.3) is 0 Å². The first-order valence-corrected chi connectivity index (χ1v) is 5.55. The number of benzene rings is 1. The third-order valence-electron chi connectivity index (χ3n) is 2.34. The predicted molar refractivity (Wildman–Crippen MR) is 64.6 cm³/mol. The maximum atomic E-state index is 11.7. The van der Waals surface area contributed by atoms with Gasteiger partial charge < -0.3 is 10.1 Å². The molecule has 0 spiro atoms. The lowest BCUT2D eigenvalue weighted by Crippen LogP contribution is -2.24. The Labute approximate surface area is 101 Å². The van der Waals surface area contributed by atoms with Gasteiger partial charge in [-0.05, 0) is 37.1 Å². The molecule has 0 saturated carbocycles. The number of carbonyl (C=O) groups is 1. The second-order valence-corrected chi connectivity index (χ2v) is 3.64. The van der Waals surface area contributed by atoms with Crippen LogP contribution in [0, 0.1) is 11.3 Å². The van der Waals surface area contributed by atoms with Crippen LogP contribution in [0.5, 0.6) is 0 Å². The van der Waals surface area contributed by atoms with Crippen molar-refractivity contribution in [2.45, 2.75) is 12.8 Å². The molecule has 0 heterocycles. The fraction of sp³-hybridized carbons (Fsp3) is 0.385. The number of nitrogens with one attached hydrogen (secondary N) is 1. The van der Waals surface area contributed by atoms with Crippen molar-refractivity contribution in [1.29, 1.82) is 5.26 Å². The third kappa shape index (κ3) is 4.66. The van der Waals surface area contributed by atoms with Gasteiger partial charge >= 0.3 is 0 Å². The van der Waals surface area contributed by atoms with E-state index >= 15 is 0 Å². The summed E-state index contributed by atoms with van der Waals surface area (Å²) in [5.74, 6) is -0.105. The minimum atomic E-state index is -0.105. The SMILES string of the molecule is COCCCCNC(=O)c1ccc(C#N)cc1. The van der Waals surface area contributed by atoms with Gasteiger partial charge in [0.2, 0.25) is 0 Å². The first kappa shape index (κ1) is 13.2. The molecule has 0 aromatic heterocycles. The zero-order valence-electron chi connectivity index (χ0n) is 9.90. The van der Waals surface area contributed by atoms with E-state index in [0.29, 0.717) is 24.3 Å². The molecule has 17 heavy (non-hydrogen) atoms. The van der Waals surface area contributed by atoms with Crippen LogP contribution in [-0.2, 0) is 4.74 Å². The minimum absolute atomic E-state index is 0.105. The van der Waals surface area contributed by atoms with Crippen molar-refractivity contribution in [2.24, 2.45) is 0 Å². The normalized spacial score (nSPS) is 9.65. The Kier molecular flexibility index (Phi) is 5.76. The Bertz CT molecular complexity index is 393. The van der Waals surface area contributed by atoms with Gasteiger partial charge in [0.1, 0.15) is 0 Å². The first-order chi connectivity index (χ1) is 8.27. The average molecular weight is 232 g/mol. The number of unbranched alkanes of at least 4 members (excludes halogenated alkanes) is 1. The van der Waals surface area contributed by atoms with Crippen molar-refractivity contribution in [3.05, 3.63) is 35.4 Å². The molecular weight excluding hydrogens is 216 g/mol. The summed E-state index contributed by atoms with van der Waals surface area (Å²) in [5.41, 5.74) is 1.14. The van der Waals surface area contributed by atoms with Crippen LogP contribution >= 0.6 is 0 Å². The van der Waals surface area contributed by atoms with E-state index in [1.807, 2.05) is 6.07 Å². The molecule has 1 N–H and O–H groups in total. The van der Waals surface area contributed by atoms with Gasteiger partial charge in [-0.3, -0.25) is 4.79 Å². The van der Waals surface area contributed by atoms with E-state index in [1.54, 1.807) is 31.4 Å². The molecule has 4 heteroatoms. The van der Waals surface area contributed by atoms with E-state index in [0.717, 1.165) is 12.8 Å². The Balaban J connectivity index is 2.34. The van der Waals surface area contributed by atoms with Crippen molar-refractivity contribution >= 4 is 5.91 Å². The van der Waals surface area contributed by atoms with Crippen LogP contribution in [0.15, 0.2) is 24.3 Å². The number of amides is 1. The highest BCUT2D eigenvalue weighted by atomic mass is 16.5. The number of methoxy groups -OCH3 is 1. The van der Waals surface area contributed by atoms with Gasteiger partial charge in [0.15, 0.2) is 0 Å². The molecule has 0 radical (unpaired) electrons. The summed E-state index contributed by atoms with van der Waals surface area (Å²) in [6.07, 6.45) is 1.83. The standard InChI is InChI=1S/C13H16N2O2/c1-17-9-3-2-8-15-13(16)12-6-4-11(10-14)5-7-12/h4-7H,2-3,8-9H2,1H3,(H,15,16). The lowest BCUT2D eigenvalue weighted by atomic mass is 10.1. The highest BCUT2D eigenvalue weighted by molar-refractivity contribution is 5.94. The molecule has 1 aromatic rings. The Morgan fingerprint density at radius 1 is 1.35 bits per heavy atom. The van der Waals surface area contributed by atoms with Crippen molar-refractivity contribution in [2.75, 3.05) is 20.3 Å². The summed E-state index contributed by atoms with van der Waals surface area (Å²) in [6, 6.07) is 8.60. The van der Waals surface area contributed by atoms with Gasteiger partial charge in [-0.2, -0.15) is 5.26 Å². The van der Waals surface area contributed by atoms with Crippen LogP contribution in [0.1, 0.15) is 28.8 Å². The summed E-state index contributed by atoms with van der Waals surface area (Å²) in [4.78, 5) is 11.7.